The van der Waals surface area contributed by atoms with Crippen LogP contribution in [0, 0.1) is 20.8 Å². The molecule has 2 saturated heterocycles. The fourth-order valence-corrected chi connectivity index (χ4v) is 4.67. The van der Waals surface area contributed by atoms with Crippen LogP contribution in [0.25, 0.3) is 17.0 Å². The van der Waals surface area contributed by atoms with E-state index in [9.17, 15) is 5.11 Å². The van der Waals surface area contributed by atoms with Crippen LogP contribution in [-0.4, -0.2) is 86.3 Å². The Kier molecular flexibility index (Phi) is 16.0. The molecule has 11 nitrogen and oxygen atoms in total. The Bertz CT molecular complexity index is 1340. The predicted octanol–water partition coefficient (Wildman–Crippen LogP) is 0.338. The smallest absolute Gasteiger partial charge is 0.857 e. The van der Waals surface area contributed by atoms with E-state index >= 15 is 0 Å². The standard InChI is InChI=1S/C19H24N4O.C8H10N4O.C2H6.CH3O.K/c1-2-10-23(9-1)18-6-3-16(4-7-18)19-8-5-17(20-21-19)15-22-11-13-24-14-12-22;1-4-7(13)5(2)12-8(9-4)10-6(3)11-12;2*1-2;/h3-8H,1-2,9-15H2;13H,1-3H3;1-2H3;1H3;/q;;;-1;+1. The summed E-state index contributed by atoms with van der Waals surface area (Å²) in [5.41, 5.74) is 5.65. The number of anilines is 1. The molecule has 12 heteroatoms. The van der Waals surface area contributed by atoms with Gasteiger partial charge in [0.2, 0.25) is 0 Å². The molecule has 6 rings (SSSR count). The van der Waals surface area contributed by atoms with Crippen LogP contribution in [0.5, 0.6) is 5.75 Å². The number of aromatic hydroxyl groups is 1. The van der Waals surface area contributed by atoms with Crippen molar-refractivity contribution in [1.29, 1.82) is 0 Å². The van der Waals surface area contributed by atoms with Crippen molar-refractivity contribution in [1.82, 2.24) is 34.7 Å². The Hall–Kier alpha value is -2.03. The summed E-state index contributed by atoms with van der Waals surface area (Å²) in [5.74, 6) is 1.36. The van der Waals surface area contributed by atoms with E-state index in [4.69, 9.17) is 9.84 Å². The summed E-state index contributed by atoms with van der Waals surface area (Å²) in [6.07, 6.45) is 2.61. The molecule has 2 aliphatic heterocycles. The second-order valence-electron chi connectivity index (χ2n) is 9.54. The molecule has 42 heavy (non-hydrogen) atoms. The first-order valence-corrected chi connectivity index (χ1v) is 14.3. The second-order valence-corrected chi connectivity index (χ2v) is 9.54. The van der Waals surface area contributed by atoms with Gasteiger partial charge in [-0.3, -0.25) is 4.90 Å². The van der Waals surface area contributed by atoms with Gasteiger partial charge in [0.25, 0.3) is 5.78 Å². The number of benzene rings is 1. The minimum atomic E-state index is 0. The van der Waals surface area contributed by atoms with Gasteiger partial charge in [-0.25, -0.2) is 4.98 Å². The van der Waals surface area contributed by atoms with Crippen LogP contribution in [0.15, 0.2) is 36.4 Å². The summed E-state index contributed by atoms with van der Waals surface area (Å²) in [6.45, 7) is 16.1. The molecule has 1 N–H and O–H groups in total. The number of hydrogen-bond donors (Lipinski definition) is 1. The monoisotopic (exact) mass is 602 g/mol. The van der Waals surface area contributed by atoms with Crippen LogP contribution < -0.4 is 61.4 Å². The van der Waals surface area contributed by atoms with Crippen molar-refractivity contribution < 1.29 is 66.3 Å². The third kappa shape index (κ3) is 9.74. The summed E-state index contributed by atoms with van der Waals surface area (Å²) in [6, 6.07) is 12.9. The fraction of sp³-hybridized carbons (Fsp3) is 0.500. The van der Waals surface area contributed by atoms with Gasteiger partial charge in [-0.2, -0.15) is 26.8 Å². The van der Waals surface area contributed by atoms with E-state index in [-0.39, 0.29) is 57.1 Å². The first-order valence-electron chi connectivity index (χ1n) is 14.3. The molecule has 0 spiro atoms. The van der Waals surface area contributed by atoms with Gasteiger partial charge in [-0.1, -0.05) is 26.0 Å². The van der Waals surface area contributed by atoms with Crippen LogP contribution in [0.1, 0.15) is 49.6 Å². The Morgan fingerprint density at radius 3 is 2.10 bits per heavy atom. The number of aromatic nitrogens is 6. The Morgan fingerprint density at radius 2 is 1.50 bits per heavy atom. The Balaban J connectivity index is 0.000000291. The number of aryl methyl sites for hydroxylation is 3. The van der Waals surface area contributed by atoms with E-state index in [1.165, 1.54) is 36.1 Å². The SMILES string of the molecule is CC.C[O-].Cc1nc2nc(C)c(O)c(C)n2n1.[K+].c1cc(N2CCCC2)ccc1-c1ccc(CN2CCOCC2)nn1. The van der Waals surface area contributed by atoms with Crippen LogP contribution >= 0.6 is 0 Å². The molecular weight excluding hydrogens is 559 g/mol. The number of morpholine rings is 1. The average molecular weight is 603 g/mol. The number of fused-ring (bicyclic) bond motifs is 1. The number of ether oxygens (including phenoxy) is 1. The third-order valence-corrected chi connectivity index (χ3v) is 6.81. The topological polar surface area (TPSA) is 128 Å². The van der Waals surface area contributed by atoms with E-state index < -0.39 is 0 Å². The molecule has 222 valence electrons. The summed E-state index contributed by atoms with van der Waals surface area (Å²) in [5, 5.41) is 30.7. The first-order chi connectivity index (χ1) is 20.0. The molecule has 0 atom stereocenters. The molecule has 1 aromatic carbocycles. The van der Waals surface area contributed by atoms with E-state index in [1.54, 1.807) is 20.8 Å². The molecule has 0 radical (unpaired) electrons. The molecule has 0 saturated carbocycles. The summed E-state index contributed by atoms with van der Waals surface area (Å²) in [7, 11) is 0.750. The van der Waals surface area contributed by atoms with Crippen molar-refractivity contribution in [2.24, 2.45) is 0 Å². The van der Waals surface area contributed by atoms with Crippen molar-refractivity contribution >= 4 is 11.5 Å². The quantitative estimate of drug-likeness (QED) is 0.327. The largest absolute Gasteiger partial charge is 1.00 e. The molecule has 3 aromatic heterocycles. The molecule has 0 bridgehead atoms. The zero-order chi connectivity index (χ0) is 29.8. The number of nitrogens with zero attached hydrogens (tertiary/aromatic N) is 8. The van der Waals surface area contributed by atoms with Gasteiger partial charge in [0.15, 0.2) is 5.75 Å². The van der Waals surface area contributed by atoms with Crippen molar-refractivity contribution in [2.75, 3.05) is 51.4 Å². The van der Waals surface area contributed by atoms with Crippen molar-refractivity contribution in [2.45, 2.75) is 54.0 Å². The third-order valence-electron chi connectivity index (χ3n) is 6.81. The fourth-order valence-electron chi connectivity index (χ4n) is 4.67. The molecule has 2 aliphatic rings. The van der Waals surface area contributed by atoms with Crippen LogP contribution in [0.2, 0.25) is 0 Å². The molecule has 0 amide bonds. The van der Waals surface area contributed by atoms with E-state index in [0.29, 0.717) is 23.0 Å². The van der Waals surface area contributed by atoms with Crippen molar-refractivity contribution in [3.8, 4) is 17.0 Å². The van der Waals surface area contributed by atoms with Gasteiger partial charge >= 0.3 is 51.4 Å². The molecule has 4 aromatic rings. The second kappa shape index (κ2) is 18.6. The van der Waals surface area contributed by atoms with Gasteiger partial charge in [-0.15, -0.1) is 5.10 Å². The Labute approximate surface area is 291 Å². The van der Waals surface area contributed by atoms with Gasteiger partial charge in [0, 0.05) is 44.0 Å². The minimum Gasteiger partial charge on any atom is -0.857 e. The van der Waals surface area contributed by atoms with Crippen LogP contribution in [0.4, 0.5) is 5.69 Å². The van der Waals surface area contributed by atoms with E-state index in [0.717, 1.165) is 56.9 Å². The minimum absolute atomic E-state index is 0. The van der Waals surface area contributed by atoms with Gasteiger partial charge in [0.05, 0.1) is 36.0 Å². The normalized spacial score (nSPS) is 14.5. The zero-order valence-corrected chi connectivity index (χ0v) is 29.3. The van der Waals surface area contributed by atoms with E-state index in [2.05, 4.69) is 71.5 Å². The van der Waals surface area contributed by atoms with Crippen LogP contribution in [0.3, 0.4) is 0 Å². The molecule has 5 heterocycles. The molecule has 0 unspecified atom stereocenters. The first kappa shape index (κ1) is 36.2. The maximum Gasteiger partial charge on any atom is 1.00 e. The van der Waals surface area contributed by atoms with E-state index in [1.807, 2.05) is 13.8 Å². The van der Waals surface area contributed by atoms with Gasteiger partial charge < -0.3 is 19.8 Å². The summed E-state index contributed by atoms with van der Waals surface area (Å²) < 4.78 is 6.92. The molecule has 0 aliphatic carbocycles. The van der Waals surface area contributed by atoms with Crippen LogP contribution in [-0.2, 0) is 11.3 Å². The summed E-state index contributed by atoms with van der Waals surface area (Å²) in [4.78, 5) is 13.0. The molecular formula is C30H43KN8O3. The number of rotatable bonds is 4. The van der Waals surface area contributed by atoms with Gasteiger partial charge in [0.1, 0.15) is 5.82 Å². The van der Waals surface area contributed by atoms with Crippen molar-refractivity contribution in [3.63, 3.8) is 0 Å². The van der Waals surface area contributed by atoms with Gasteiger partial charge in [-0.05, 0) is 57.9 Å². The Morgan fingerprint density at radius 1 is 0.857 bits per heavy atom. The number of hydrogen-bond acceptors (Lipinski definition) is 10. The maximum atomic E-state index is 9.56. The maximum absolute atomic E-state index is 9.56. The molecule has 2 fully saturated rings. The average Bonchev–Trinajstić information content (AvgIpc) is 3.70. The summed E-state index contributed by atoms with van der Waals surface area (Å²) >= 11 is 0. The predicted molar refractivity (Wildman–Crippen MR) is 159 cm³/mol. The van der Waals surface area contributed by atoms with Crippen molar-refractivity contribution in [3.05, 3.63) is 59.3 Å². The zero-order valence-electron chi connectivity index (χ0n) is 26.2.